The Morgan fingerprint density at radius 1 is 0.808 bits per heavy atom. The third-order valence-corrected chi connectivity index (χ3v) is 6.16. The molecule has 2 aliphatic rings. The highest BCUT2D eigenvalue weighted by Gasteiger charge is 2.59. The lowest BCUT2D eigenvalue weighted by Gasteiger charge is -2.57. The third-order valence-electron chi connectivity index (χ3n) is 6.16. The summed E-state index contributed by atoms with van der Waals surface area (Å²) < 4.78 is 0. The van der Waals surface area contributed by atoms with Gasteiger partial charge in [-0.05, 0) is 24.7 Å². The van der Waals surface area contributed by atoms with Crippen LogP contribution < -0.4 is 0 Å². The van der Waals surface area contributed by atoms with Crippen LogP contribution in [0.3, 0.4) is 0 Å². The summed E-state index contributed by atoms with van der Waals surface area (Å²) in [5, 5.41) is 0. The van der Waals surface area contributed by atoms with Gasteiger partial charge in [0.05, 0.1) is 10.8 Å². The van der Waals surface area contributed by atoms with Crippen molar-refractivity contribution in [2.45, 2.75) is 67.2 Å². The molecule has 148 valence electrons. The van der Waals surface area contributed by atoms with Crippen LogP contribution in [0.1, 0.15) is 67.2 Å². The molecule has 2 heterocycles. The topological polar surface area (TPSA) is 57.7 Å². The molecule has 0 atom stereocenters. The van der Waals surface area contributed by atoms with E-state index in [9.17, 15) is 14.4 Å². The number of rotatable bonds is 6. The summed E-state index contributed by atoms with van der Waals surface area (Å²) in [5.41, 5.74) is -1.21. The van der Waals surface area contributed by atoms with Gasteiger partial charge in [-0.25, -0.2) is 0 Å². The Morgan fingerprint density at radius 2 is 1.12 bits per heavy atom. The monoisotopic (exact) mass is 364 g/mol. The number of piperidine rings is 2. The smallest absolute Gasteiger partial charge is 0.222 e. The van der Waals surface area contributed by atoms with Crippen LogP contribution in [-0.4, -0.2) is 53.6 Å². The lowest BCUT2D eigenvalue weighted by molar-refractivity contribution is -0.170. The molecule has 0 unspecified atom stereocenters. The van der Waals surface area contributed by atoms with Crippen molar-refractivity contribution < 1.29 is 14.4 Å². The van der Waals surface area contributed by atoms with E-state index < -0.39 is 10.8 Å². The number of fused-ring (bicyclic) bond motifs is 2. The van der Waals surface area contributed by atoms with Crippen molar-refractivity contribution in [3.63, 3.8) is 0 Å². The van der Waals surface area contributed by atoms with Gasteiger partial charge in [-0.2, -0.15) is 0 Å². The van der Waals surface area contributed by atoms with Crippen LogP contribution in [0, 0.1) is 22.7 Å². The Hall–Kier alpha value is -1.39. The molecule has 2 rings (SSSR count). The van der Waals surface area contributed by atoms with Crippen molar-refractivity contribution in [1.29, 1.82) is 0 Å². The third kappa shape index (κ3) is 3.81. The van der Waals surface area contributed by atoms with Crippen LogP contribution in [-0.2, 0) is 14.4 Å². The molecule has 0 aromatic heterocycles. The molecule has 2 bridgehead atoms. The maximum Gasteiger partial charge on any atom is 0.222 e. The van der Waals surface area contributed by atoms with Crippen LogP contribution in [0.4, 0.5) is 0 Å². The summed E-state index contributed by atoms with van der Waals surface area (Å²) in [4.78, 5) is 42.8. The van der Waals surface area contributed by atoms with Crippen LogP contribution in [0.5, 0.6) is 0 Å². The first-order valence-corrected chi connectivity index (χ1v) is 10.2. The zero-order valence-electron chi connectivity index (χ0n) is 17.4. The highest BCUT2D eigenvalue weighted by molar-refractivity contribution is 5.96. The van der Waals surface area contributed by atoms with Crippen molar-refractivity contribution in [3.8, 4) is 0 Å². The van der Waals surface area contributed by atoms with Crippen molar-refractivity contribution >= 4 is 17.6 Å². The molecule has 2 aliphatic heterocycles. The molecule has 26 heavy (non-hydrogen) atoms. The molecular formula is C21H36N2O3. The molecule has 0 aromatic carbocycles. The van der Waals surface area contributed by atoms with Gasteiger partial charge in [0.25, 0.3) is 0 Å². The first-order chi connectivity index (χ1) is 12.1. The molecule has 2 amide bonds. The number of Topliss-reactive ketones (excluding diaryl/α,β-unsaturated/α-hetero) is 1. The van der Waals surface area contributed by atoms with Crippen molar-refractivity contribution in [3.05, 3.63) is 0 Å². The zero-order valence-corrected chi connectivity index (χ0v) is 17.4. The number of hydrogen-bond acceptors (Lipinski definition) is 3. The van der Waals surface area contributed by atoms with Gasteiger partial charge in [-0.15, -0.1) is 0 Å². The minimum atomic E-state index is -0.605. The van der Waals surface area contributed by atoms with Crippen LogP contribution in [0.15, 0.2) is 0 Å². The Morgan fingerprint density at radius 3 is 1.35 bits per heavy atom. The first kappa shape index (κ1) is 20.9. The van der Waals surface area contributed by atoms with Crippen LogP contribution in [0.2, 0.25) is 0 Å². The fraction of sp³-hybridized carbons (Fsp3) is 0.857. The largest absolute Gasteiger partial charge is 0.341 e. The summed E-state index contributed by atoms with van der Waals surface area (Å²) in [6, 6.07) is 0. The van der Waals surface area contributed by atoms with E-state index in [1.165, 1.54) is 0 Å². The maximum absolute atomic E-state index is 13.4. The molecule has 0 aliphatic carbocycles. The molecule has 0 spiro atoms. The molecule has 2 fully saturated rings. The second-order valence-electron chi connectivity index (χ2n) is 9.29. The number of carbonyl (C=O) groups excluding carboxylic acids is 3. The Bertz CT molecular complexity index is 508. The van der Waals surface area contributed by atoms with Gasteiger partial charge in [0.1, 0.15) is 0 Å². The summed E-state index contributed by atoms with van der Waals surface area (Å²) in [6.45, 7) is 14.1. The van der Waals surface area contributed by atoms with Gasteiger partial charge in [0.15, 0.2) is 5.78 Å². The Balaban J connectivity index is 2.34. The maximum atomic E-state index is 13.4. The summed E-state index contributed by atoms with van der Waals surface area (Å²) in [5.74, 6) is 1.17. The van der Waals surface area contributed by atoms with Gasteiger partial charge in [-0.1, -0.05) is 41.5 Å². The minimum Gasteiger partial charge on any atom is -0.341 e. The van der Waals surface area contributed by atoms with E-state index >= 15 is 0 Å². The molecule has 5 nitrogen and oxygen atoms in total. The van der Waals surface area contributed by atoms with E-state index in [1.807, 2.05) is 51.3 Å². The van der Waals surface area contributed by atoms with Crippen molar-refractivity contribution in [1.82, 2.24) is 9.80 Å². The summed E-state index contributed by atoms with van der Waals surface area (Å²) >= 11 is 0. The van der Waals surface area contributed by atoms with Gasteiger partial charge in [0.2, 0.25) is 11.8 Å². The van der Waals surface area contributed by atoms with E-state index in [0.29, 0.717) is 63.7 Å². The second-order valence-corrected chi connectivity index (χ2v) is 9.29. The average Bonchev–Trinajstić information content (AvgIpc) is 2.54. The molecule has 5 heteroatoms. The van der Waals surface area contributed by atoms with E-state index in [-0.39, 0.29) is 17.6 Å². The predicted octanol–water partition coefficient (Wildman–Crippen LogP) is 3.12. The number of likely N-dealkylation sites (tertiary alicyclic amines) is 2. The van der Waals surface area contributed by atoms with E-state index in [4.69, 9.17) is 0 Å². The Labute approximate surface area is 158 Å². The fourth-order valence-corrected chi connectivity index (χ4v) is 4.60. The lowest BCUT2D eigenvalue weighted by atomic mass is 9.60. The number of amides is 2. The van der Waals surface area contributed by atoms with E-state index in [2.05, 4.69) is 0 Å². The lowest BCUT2D eigenvalue weighted by Crippen LogP contribution is -2.71. The highest BCUT2D eigenvalue weighted by Crippen LogP contribution is 2.46. The van der Waals surface area contributed by atoms with Gasteiger partial charge in [-0.3, -0.25) is 14.4 Å². The van der Waals surface area contributed by atoms with E-state index in [1.54, 1.807) is 0 Å². The minimum absolute atomic E-state index is 0.144. The van der Waals surface area contributed by atoms with E-state index in [0.717, 1.165) is 0 Å². The summed E-state index contributed by atoms with van der Waals surface area (Å²) in [6.07, 6.45) is 2.38. The van der Waals surface area contributed by atoms with Gasteiger partial charge in [0, 0.05) is 39.0 Å². The van der Waals surface area contributed by atoms with Crippen LogP contribution in [0.25, 0.3) is 0 Å². The van der Waals surface area contributed by atoms with Crippen LogP contribution >= 0.6 is 0 Å². The van der Waals surface area contributed by atoms with Gasteiger partial charge >= 0.3 is 0 Å². The number of nitrogens with zero attached hydrogens (tertiary/aromatic N) is 2. The quantitative estimate of drug-likeness (QED) is 0.727. The van der Waals surface area contributed by atoms with Gasteiger partial charge < -0.3 is 9.80 Å². The predicted molar refractivity (Wildman–Crippen MR) is 103 cm³/mol. The number of carbonyl (C=O) groups is 3. The number of hydrogen-bond donors (Lipinski definition) is 0. The molecule has 0 saturated carbocycles. The normalized spacial score (nSPS) is 28.8. The van der Waals surface area contributed by atoms with Crippen molar-refractivity contribution in [2.75, 3.05) is 26.2 Å². The zero-order chi connectivity index (χ0) is 19.7. The second kappa shape index (κ2) is 7.69. The first-order valence-electron chi connectivity index (χ1n) is 10.2. The SMILES string of the molecule is CCC12CN(C(=O)CC(C)C)CC(CC)(CN(C(=O)CC(C)C)C1)C2=O. The Kier molecular flexibility index (Phi) is 6.19. The molecular weight excluding hydrogens is 328 g/mol. The molecule has 2 saturated heterocycles. The summed E-state index contributed by atoms with van der Waals surface area (Å²) in [7, 11) is 0. The highest BCUT2D eigenvalue weighted by atomic mass is 16.2. The standard InChI is InChI=1S/C21H36N2O3/c1-7-20-11-22(17(24)9-15(3)4)13-21(8-2,19(20)26)14-23(12-20)18(25)10-16(5)6/h15-16H,7-14H2,1-6H3. The number of ketones is 1. The fourth-order valence-electron chi connectivity index (χ4n) is 4.60. The van der Waals surface area contributed by atoms with Crippen molar-refractivity contribution in [2.24, 2.45) is 22.7 Å². The molecule has 0 N–H and O–H groups in total. The molecule has 0 radical (unpaired) electrons. The average molecular weight is 365 g/mol. The molecule has 0 aromatic rings.